The van der Waals surface area contributed by atoms with Crippen LogP contribution in [0, 0.1) is 0 Å². The van der Waals surface area contributed by atoms with Crippen LogP contribution >= 0.6 is 0 Å². The van der Waals surface area contributed by atoms with E-state index >= 15 is 0 Å². The summed E-state index contributed by atoms with van der Waals surface area (Å²) in [5.41, 5.74) is 3.76. The van der Waals surface area contributed by atoms with Crippen LogP contribution in [0.4, 0.5) is 28.4 Å². The van der Waals surface area contributed by atoms with Gasteiger partial charge in [0.1, 0.15) is 12.4 Å². The van der Waals surface area contributed by atoms with E-state index in [1.165, 1.54) is 0 Å². The molecule has 3 aromatic rings. The molecule has 39 heavy (non-hydrogen) atoms. The van der Waals surface area contributed by atoms with Crippen LogP contribution in [0.1, 0.15) is 20.3 Å². The Hall–Kier alpha value is -4.86. The number of ether oxygens (including phenoxy) is 2. The first-order valence-electron chi connectivity index (χ1n) is 12.6. The van der Waals surface area contributed by atoms with Crippen LogP contribution in [0.15, 0.2) is 106 Å². The van der Waals surface area contributed by atoms with E-state index in [-0.39, 0.29) is 19.2 Å². The number of nitrogens with one attached hydrogen (secondary N) is 1. The highest BCUT2D eigenvalue weighted by atomic mass is 16.5. The number of hydrogen-bond donors (Lipinski definition) is 1. The topological polar surface area (TPSA) is 117 Å². The molecule has 0 radical (unpaired) electrons. The number of hydrogen-bond acceptors (Lipinski definition) is 9. The maximum absolute atomic E-state index is 11.2. The number of carbonyl (C=O) groups excluding carboxylic acids is 2. The van der Waals surface area contributed by atoms with Crippen molar-refractivity contribution in [3.8, 4) is 5.75 Å². The normalized spacial score (nSPS) is 10.9. The number of esters is 1. The van der Waals surface area contributed by atoms with Gasteiger partial charge in [0.15, 0.2) is 6.73 Å². The fourth-order valence-electron chi connectivity index (χ4n) is 3.27. The van der Waals surface area contributed by atoms with Gasteiger partial charge in [0.25, 0.3) is 0 Å². The first-order chi connectivity index (χ1) is 19.0. The predicted octanol–water partition coefficient (Wildman–Crippen LogP) is 6.94. The summed E-state index contributed by atoms with van der Waals surface area (Å²) in [5, 5.41) is 19.7. The Kier molecular flexibility index (Phi) is 11.3. The van der Waals surface area contributed by atoms with Gasteiger partial charge in [-0.3, -0.25) is 4.79 Å². The van der Waals surface area contributed by atoms with Crippen molar-refractivity contribution in [3.05, 3.63) is 85.5 Å². The van der Waals surface area contributed by atoms with Crippen molar-refractivity contribution in [2.24, 2.45) is 20.5 Å². The second kappa shape index (κ2) is 15.4. The second-order valence-corrected chi connectivity index (χ2v) is 8.12. The van der Waals surface area contributed by atoms with Gasteiger partial charge in [0, 0.05) is 24.7 Å². The minimum absolute atomic E-state index is 0.0657. The molecule has 0 unspecified atom stereocenters. The molecule has 3 rings (SSSR count). The molecule has 0 heterocycles. The number of likely N-dealkylation sites (N-methyl/N-ethyl adjacent to an activating group) is 1. The lowest BCUT2D eigenvalue weighted by atomic mass is 10.2. The standard InChI is InChI=1S/C29H32N6O4/c1-4-28(36)30-21-39-27-17-13-25(14-18-27)34-32-23-9-7-22(8-10-23)31-33-24-11-15-26(16-12-24)35(6-3)19-20-38-29(37)5-2/h5,7-18H,2,4,6,19-21H2,1,3H3,(H,30,36). The summed E-state index contributed by atoms with van der Waals surface area (Å²) in [6.07, 6.45) is 1.57. The summed E-state index contributed by atoms with van der Waals surface area (Å²) in [6, 6.07) is 22.0. The quantitative estimate of drug-likeness (QED) is 0.105. The molecule has 1 amide bonds. The lowest BCUT2D eigenvalue weighted by Gasteiger charge is -2.22. The highest BCUT2D eigenvalue weighted by molar-refractivity contribution is 5.81. The van der Waals surface area contributed by atoms with Crippen LogP contribution in [0.2, 0.25) is 0 Å². The Labute approximate surface area is 228 Å². The summed E-state index contributed by atoms with van der Waals surface area (Å²) in [5.74, 6) is 0.138. The van der Waals surface area contributed by atoms with Crippen molar-refractivity contribution < 1.29 is 19.1 Å². The van der Waals surface area contributed by atoms with Crippen LogP contribution in [0.25, 0.3) is 0 Å². The van der Waals surface area contributed by atoms with Crippen LogP contribution in [0.3, 0.4) is 0 Å². The van der Waals surface area contributed by atoms with Gasteiger partial charge < -0.3 is 19.7 Å². The van der Waals surface area contributed by atoms with E-state index in [0.717, 1.165) is 24.0 Å². The Morgan fingerprint density at radius 3 is 1.77 bits per heavy atom. The maximum atomic E-state index is 11.2. The van der Waals surface area contributed by atoms with Gasteiger partial charge in [-0.05, 0) is 79.7 Å². The van der Waals surface area contributed by atoms with Gasteiger partial charge in [-0.2, -0.15) is 20.5 Å². The number of azo groups is 2. The minimum Gasteiger partial charge on any atom is -0.473 e. The lowest BCUT2D eigenvalue weighted by molar-refractivity contribution is -0.137. The number of amides is 1. The van der Waals surface area contributed by atoms with Crippen LogP contribution in [-0.2, 0) is 14.3 Å². The molecule has 10 nitrogen and oxygen atoms in total. The van der Waals surface area contributed by atoms with Crippen LogP contribution in [-0.4, -0.2) is 38.3 Å². The van der Waals surface area contributed by atoms with Crippen LogP contribution in [0.5, 0.6) is 5.75 Å². The number of carbonyl (C=O) groups is 2. The molecule has 0 aliphatic rings. The van der Waals surface area contributed by atoms with Crippen molar-refractivity contribution in [1.29, 1.82) is 0 Å². The molecule has 10 heteroatoms. The Bertz CT molecular complexity index is 1270. The lowest BCUT2D eigenvalue weighted by Crippen LogP contribution is -2.27. The molecule has 0 saturated heterocycles. The van der Waals surface area contributed by atoms with Crippen molar-refractivity contribution in [2.45, 2.75) is 20.3 Å². The third-order valence-electron chi connectivity index (χ3n) is 5.45. The van der Waals surface area contributed by atoms with E-state index in [2.05, 4.69) is 37.3 Å². The molecule has 0 aliphatic heterocycles. The van der Waals surface area contributed by atoms with Crippen molar-refractivity contribution >= 4 is 40.3 Å². The second-order valence-electron chi connectivity index (χ2n) is 8.12. The smallest absolute Gasteiger partial charge is 0.330 e. The van der Waals surface area contributed by atoms with Gasteiger partial charge in [0.05, 0.1) is 29.3 Å². The van der Waals surface area contributed by atoms with E-state index in [4.69, 9.17) is 9.47 Å². The van der Waals surface area contributed by atoms with E-state index in [1.54, 1.807) is 31.2 Å². The molecular formula is C29H32N6O4. The van der Waals surface area contributed by atoms with E-state index < -0.39 is 5.97 Å². The van der Waals surface area contributed by atoms with E-state index in [1.807, 2.05) is 55.5 Å². The minimum atomic E-state index is -0.425. The van der Waals surface area contributed by atoms with Crippen molar-refractivity contribution in [3.63, 3.8) is 0 Å². The molecule has 0 spiro atoms. The number of nitrogens with zero attached hydrogens (tertiary/aromatic N) is 5. The zero-order valence-corrected chi connectivity index (χ0v) is 22.1. The maximum Gasteiger partial charge on any atom is 0.330 e. The van der Waals surface area contributed by atoms with Gasteiger partial charge in [-0.25, -0.2) is 4.79 Å². The Morgan fingerprint density at radius 2 is 1.31 bits per heavy atom. The Balaban J connectivity index is 1.50. The summed E-state index contributed by atoms with van der Waals surface area (Å²) in [6.45, 7) is 8.99. The third kappa shape index (κ3) is 9.84. The largest absolute Gasteiger partial charge is 0.473 e. The molecule has 0 saturated carbocycles. The molecule has 0 fully saturated rings. The first-order valence-corrected chi connectivity index (χ1v) is 12.6. The molecule has 0 bridgehead atoms. The van der Waals surface area contributed by atoms with Gasteiger partial charge >= 0.3 is 5.97 Å². The average Bonchev–Trinajstić information content (AvgIpc) is 2.98. The highest BCUT2D eigenvalue weighted by Gasteiger charge is 2.06. The van der Waals surface area contributed by atoms with E-state index in [9.17, 15) is 9.59 Å². The SMILES string of the molecule is C=CC(=O)OCCN(CC)c1ccc(N=Nc2ccc(N=Nc3ccc(OCNC(=O)CC)cc3)cc2)cc1. The summed E-state index contributed by atoms with van der Waals surface area (Å²) in [4.78, 5) is 24.6. The van der Waals surface area contributed by atoms with Gasteiger partial charge in [-0.15, -0.1) is 0 Å². The Morgan fingerprint density at radius 1 is 0.821 bits per heavy atom. The fraction of sp³-hybridized carbons (Fsp3) is 0.241. The zero-order chi connectivity index (χ0) is 27.9. The summed E-state index contributed by atoms with van der Waals surface area (Å²) >= 11 is 0. The monoisotopic (exact) mass is 528 g/mol. The van der Waals surface area contributed by atoms with Gasteiger partial charge in [0.2, 0.25) is 5.91 Å². The third-order valence-corrected chi connectivity index (χ3v) is 5.45. The first kappa shape index (κ1) is 28.7. The van der Waals surface area contributed by atoms with Gasteiger partial charge in [-0.1, -0.05) is 13.5 Å². The molecule has 3 aromatic carbocycles. The summed E-state index contributed by atoms with van der Waals surface area (Å²) in [7, 11) is 0. The zero-order valence-electron chi connectivity index (χ0n) is 22.1. The molecule has 0 atom stereocenters. The molecule has 202 valence electrons. The van der Waals surface area contributed by atoms with E-state index in [0.29, 0.717) is 35.8 Å². The average molecular weight is 529 g/mol. The van der Waals surface area contributed by atoms with Crippen molar-refractivity contribution in [1.82, 2.24) is 5.32 Å². The molecule has 0 aliphatic carbocycles. The molecule has 0 aromatic heterocycles. The fourth-order valence-corrected chi connectivity index (χ4v) is 3.27. The van der Waals surface area contributed by atoms with Crippen molar-refractivity contribution in [2.75, 3.05) is 31.3 Å². The predicted molar refractivity (Wildman–Crippen MR) is 151 cm³/mol. The number of rotatable bonds is 14. The molecular weight excluding hydrogens is 496 g/mol. The highest BCUT2D eigenvalue weighted by Crippen LogP contribution is 2.25. The van der Waals surface area contributed by atoms with Crippen LogP contribution < -0.4 is 15.0 Å². The number of benzene rings is 3. The molecule has 1 N–H and O–H groups in total. The summed E-state index contributed by atoms with van der Waals surface area (Å²) < 4.78 is 10.5. The number of anilines is 1.